The summed E-state index contributed by atoms with van der Waals surface area (Å²) in [5.74, 6) is 0. The first-order chi connectivity index (χ1) is 16.4. The summed E-state index contributed by atoms with van der Waals surface area (Å²) in [6.45, 7) is 8.41. The Morgan fingerprint density at radius 1 is 0.588 bits per heavy atom. The van der Waals surface area contributed by atoms with Gasteiger partial charge in [-0.15, -0.1) is 0 Å². The molecule has 1 aliphatic rings. The zero-order chi connectivity index (χ0) is 23.5. The van der Waals surface area contributed by atoms with Gasteiger partial charge in [-0.25, -0.2) is 0 Å². The number of nitrogens with zero attached hydrogens (tertiary/aromatic N) is 1. The lowest BCUT2D eigenvalue weighted by Crippen LogP contribution is -2.41. The van der Waals surface area contributed by atoms with E-state index in [1.807, 2.05) is 6.07 Å². The molecule has 0 amide bonds. The third-order valence-electron chi connectivity index (χ3n) is 7.47. The molecular formula is C30H28BNO2. The van der Waals surface area contributed by atoms with Gasteiger partial charge in [-0.1, -0.05) is 72.8 Å². The van der Waals surface area contributed by atoms with Crippen molar-refractivity contribution in [3.05, 3.63) is 97.1 Å². The second kappa shape index (κ2) is 7.59. The monoisotopic (exact) mass is 445 g/mol. The Balaban J connectivity index is 1.53. The van der Waals surface area contributed by atoms with Crippen molar-refractivity contribution in [2.45, 2.75) is 38.9 Å². The van der Waals surface area contributed by atoms with Crippen LogP contribution in [0.4, 0.5) is 0 Å². The van der Waals surface area contributed by atoms with Crippen molar-refractivity contribution < 1.29 is 9.31 Å². The average Bonchev–Trinajstić information content (AvgIpc) is 3.29. The molecule has 2 heterocycles. The van der Waals surface area contributed by atoms with Gasteiger partial charge in [-0.2, -0.15) is 0 Å². The van der Waals surface area contributed by atoms with E-state index in [1.165, 1.54) is 27.4 Å². The number of para-hydroxylation sites is 1. The van der Waals surface area contributed by atoms with E-state index in [4.69, 9.17) is 9.31 Å². The minimum Gasteiger partial charge on any atom is -0.399 e. The molecule has 4 aromatic carbocycles. The van der Waals surface area contributed by atoms with E-state index >= 15 is 0 Å². The highest BCUT2D eigenvalue weighted by Gasteiger charge is 2.52. The summed E-state index contributed by atoms with van der Waals surface area (Å²) < 4.78 is 15.3. The second-order valence-corrected chi connectivity index (χ2v) is 10.1. The summed E-state index contributed by atoms with van der Waals surface area (Å²) in [4.78, 5) is 0. The Hall–Kier alpha value is -3.34. The van der Waals surface area contributed by atoms with E-state index in [9.17, 15) is 0 Å². The van der Waals surface area contributed by atoms with E-state index in [1.54, 1.807) is 0 Å². The van der Waals surface area contributed by atoms with Gasteiger partial charge in [0.1, 0.15) is 0 Å². The summed E-state index contributed by atoms with van der Waals surface area (Å²) in [6, 6.07) is 34.3. The predicted octanol–water partition coefficient (Wildman–Crippen LogP) is 6.75. The van der Waals surface area contributed by atoms with Gasteiger partial charge in [-0.3, -0.25) is 0 Å². The molecule has 0 N–H and O–H groups in total. The molecule has 6 rings (SSSR count). The van der Waals surface area contributed by atoms with Crippen molar-refractivity contribution in [2.24, 2.45) is 0 Å². The number of aromatic nitrogens is 1. The molecule has 0 bridgehead atoms. The number of fused-ring (bicyclic) bond motifs is 3. The second-order valence-electron chi connectivity index (χ2n) is 10.1. The van der Waals surface area contributed by atoms with Crippen LogP contribution in [0.3, 0.4) is 0 Å². The molecule has 1 saturated heterocycles. The van der Waals surface area contributed by atoms with E-state index in [0.29, 0.717) is 0 Å². The van der Waals surface area contributed by atoms with Crippen LogP contribution in [0.2, 0.25) is 0 Å². The fraction of sp³-hybridized carbons (Fsp3) is 0.200. The summed E-state index contributed by atoms with van der Waals surface area (Å²) in [6.07, 6.45) is 0. The highest BCUT2D eigenvalue weighted by Crippen LogP contribution is 2.38. The normalized spacial score (nSPS) is 17.0. The lowest BCUT2D eigenvalue weighted by molar-refractivity contribution is 0.00578. The fourth-order valence-electron chi connectivity index (χ4n) is 4.93. The standard InChI is InChI=1S/C30H28BNO2/c1-29(2)30(3,4)34-31(33-29)25-14-10-16-27-28(25)24-13-8-9-15-26(24)32(27)23-19-17-22(18-20-23)21-11-6-5-7-12-21/h5-20H,1-4H3. The van der Waals surface area contributed by atoms with Gasteiger partial charge in [0, 0.05) is 16.5 Å². The zero-order valence-electron chi connectivity index (χ0n) is 20.1. The van der Waals surface area contributed by atoms with Gasteiger partial charge in [-0.05, 0) is 68.6 Å². The SMILES string of the molecule is CC1(C)OB(c2cccc3c2c2ccccc2n3-c2ccc(-c3ccccc3)cc2)OC1(C)C. The minimum atomic E-state index is -0.409. The highest BCUT2D eigenvalue weighted by molar-refractivity contribution is 6.66. The van der Waals surface area contributed by atoms with Crippen molar-refractivity contribution >= 4 is 34.4 Å². The van der Waals surface area contributed by atoms with Gasteiger partial charge in [0.25, 0.3) is 0 Å². The van der Waals surface area contributed by atoms with Crippen LogP contribution in [-0.2, 0) is 9.31 Å². The van der Waals surface area contributed by atoms with E-state index in [-0.39, 0.29) is 11.2 Å². The van der Waals surface area contributed by atoms with E-state index < -0.39 is 7.12 Å². The number of rotatable bonds is 3. The van der Waals surface area contributed by atoms with Crippen LogP contribution in [0.25, 0.3) is 38.6 Å². The Kier molecular flexibility index (Phi) is 4.74. The summed E-state index contributed by atoms with van der Waals surface area (Å²) in [5, 5.41) is 2.39. The molecule has 0 radical (unpaired) electrons. The zero-order valence-corrected chi connectivity index (χ0v) is 20.1. The molecule has 1 aromatic heterocycles. The lowest BCUT2D eigenvalue weighted by atomic mass is 9.76. The van der Waals surface area contributed by atoms with Crippen molar-refractivity contribution in [3.8, 4) is 16.8 Å². The van der Waals surface area contributed by atoms with Gasteiger partial charge in [0.15, 0.2) is 0 Å². The molecule has 0 saturated carbocycles. The fourth-order valence-corrected chi connectivity index (χ4v) is 4.93. The van der Waals surface area contributed by atoms with Crippen molar-refractivity contribution in [2.75, 3.05) is 0 Å². The largest absolute Gasteiger partial charge is 0.495 e. The van der Waals surface area contributed by atoms with Crippen LogP contribution in [0.5, 0.6) is 0 Å². The van der Waals surface area contributed by atoms with Crippen LogP contribution in [0.15, 0.2) is 97.1 Å². The molecule has 1 fully saturated rings. The van der Waals surface area contributed by atoms with Crippen LogP contribution in [-0.4, -0.2) is 22.9 Å². The van der Waals surface area contributed by atoms with Gasteiger partial charge in [0.05, 0.1) is 22.2 Å². The Labute approximate surface area is 201 Å². The lowest BCUT2D eigenvalue weighted by Gasteiger charge is -2.32. The van der Waals surface area contributed by atoms with Crippen molar-refractivity contribution in [3.63, 3.8) is 0 Å². The third-order valence-corrected chi connectivity index (χ3v) is 7.47. The van der Waals surface area contributed by atoms with E-state index in [0.717, 1.165) is 16.7 Å². The maximum atomic E-state index is 6.46. The number of hydrogen-bond donors (Lipinski definition) is 0. The molecule has 3 nitrogen and oxygen atoms in total. The smallest absolute Gasteiger partial charge is 0.399 e. The predicted molar refractivity (Wildman–Crippen MR) is 142 cm³/mol. The third kappa shape index (κ3) is 3.21. The average molecular weight is 445 g/mol. The van der Waals surface area contributed by atoms with Crippen LogP contribution < -0.4 is 5.46 Å². The number of benzene rings is 4. The molecule has 0 unspecified atom stereocenters. The highest BCUT2D eigenvalue weighted by atomic mass is 16.7. The van der Waals surface area contributed by atoms with Gasteiger partial charge in [0.2, 0.25) is 0 Å². The maximum Gasteiger partial charge on any atom is 0.495 e. The summed E-state index contributed by atoms with van der Waals surface area (Å²) in [5.41, 5.74) is 6.21. The van der Waals surface area contributed by atoms with E-state index in [2.05, 4.69) is 123 Å². The van der Waals surface area contributed by atoms with Crippen LogP contribution in [0.1, 0.15) is 27.7 Å². The first-order valence-electron chi connectivity index (χ1n) is 11.9. The topological polar surface area (TPSA) is 23.4 Å². The van der Waals surface area contributed by atoms with Crippen molar-refractivity contribution in [1.82, 2.24) is 4.57 Å². The quantitative estimate of drug-likeness (QED) is 0.287. The molecule has 1 aliphatic heterocycles. The Morgan fingerprint density at radius 3 is 1.88 bits per heavy atom. The summed E-state index contributed by atoms with van der Waals surface area (Å²) in [7, 11) is -0.409. The Morgan fingerprint density at radius 2 is 1.18 bits per heavy atom. The molecule has 4 heteroatoms. The molecule has 34 heavy (non-hydrogen) atoms. The van der Waals surface area contributed by atoms with Crippen LogP contribution >= 0.6 is 0 Å². The van der Waals surface area contributed by atoms with Crippen LogP contribution in [0, 0.1) is 0 Å². The maximum absolute atomic E-state index is 6.46. The molecule has 168 valence electrons. The molecular weight excluding hydrogens is 417 g/mol. The van der Waals surface area contributed by atoms with Crippen molar-refractivity contribution in [1.29, 1.82) is 0 Å². The summed E-state index contributed by atoms with van der Waals surface area (Å²) >= 11 is 0. The minimum absolute atomic E-state index is 0.383. The number of hydrogen-bond acceptors (Lipinski definition) is 2. The van der Waals surface area contributed by atoms with Gasteiger partial charge >= 0.3 is 7.12 Å². The van der Waals surface area contributed by atoms with Gasteiger partial charge < -0.3 is 13.9 Å². The first kappa shape index (κ1) is 21.2. The molecule has 5 aromatic rings. The molecule has 0 spiro atoms. The first-order valence-corrected chi connectivity index (χ1v) is 11.9. The molecule has 0 atom stereocenters. The molecule has 0 aliphatic carbocycles. The Bertz CT molecular complexity index is 1480.